The van der Waals surface area contributed by atoms with Gasteiger partial charge in [-0.15, -0.1) is 0 Å². The molecule has 1 heterocycles. The molecule has 18 heavy (non-hydrogen) atoms. The molecule has 0 saturated carbocycles. The van der Waals surface area contributed by atoms with Crippen molar-refractivity contribution in [2.45, 2.75) is 12.5 Å². The van der Waals surface area contributed by atoms with Gasteiger partial charge in [0.05, 0.1) is 13.0 Å². The highest BCUT2D eigenvalue weighted by molar-refractivity contribution is 5.72. The first-order chi connectivity index (χ1) is 8.70. The molecule has 1 aromatic rings. The zero-order valence-electron chi connectivity index (χ0n) is 10.3. The standard InChI is InChI=1S/C14H17NO3/c1-18-11-4-2-3-10(9-11)5-6-13-12(14(16)17)7-8-15-13/h2-6,9,12-13,15H,7-8H2,1H3,(H,16,17)/b6-5-. The summed E-state index contributed by atoms with van der Waals surface area (Å²) in [6, 6.07) is 7.58. The molecule has 4 nitrogen and oxygen atoms in total. The van der Waals surface area contributed by atoms with Crippen molar-refractivity contribution in [2.24, 2.45) is 5.92 Å². The van der Waals surface area contributed by atoms with Crippen molar-refractivity contribution in [1.29, 1.82) is 0 Å². The minimum atomic E-state index is -0.736. The van der Waals surface area contributed by atoms with Gasteiger partial charge in [0.1, 0.15) is 5.75 Å². The number of benzene rings is 1. The summed E-state index contributed by atoms with van der Waals surface area (Å²) in [5, 5.41) is 12.3. The third-order valence-electron chi connectivity index (χ3n) is 3.18. The monoisotopic (exact) mass is 247 g/mol. The van der Waals surface area contributed by atoms with Crippen LogP contribution in [0.3, 0.4) is 0 Å². The SMILES string of the molecule is COc1cccc(/C=C\C2NCCC2C(=O)O)c1. The van der Waals surface area contributed by atoms with Crippen LogP contribution in [0.4, 0.5) is 0 Å². The summed E-state index contributed by atoms with van der Waals surface area (Å²) >= 11 is 0. The molecule has 0 amide bonds. The average Bonchev–Trinajstić information content (AvgIpc) is 2.85. The maximum Gasteiger partial charge on any atom is 0.308 e. The Hall–Kier alpha value is -1.81. The van der Waals surface area contributed by atoms with E-state index in [1.807, 2.05) is 36.4 Å². The molecule has 1 fully saturated rings. The highest BCUT2D eigenvalue weighted by Crippen LogP contribution is 2.19. The Labute approximate surface area is 106 Å². The first kappa shape index (κ1) is 12.6. The predicted octanol–water partition coefficient (Wildman–Crippen LogP) is 1.77. The van der Waals surface area contributed by atoms with Crippen molar-refractivity contribution in [3.05, 3.63) is 35.9 Å². The number of aliphatic carboxylic acids is 1. The maximum atomic E-state index is 11.0. The minimum Gasteiger partial charge on any atom is -0.497 e. The highest BCUT2D eigenvalue weighted by atomic mass is 16.5. The van der Waals surface area contributed by atoms with E-state index in [0.29, 0.717) is 6.42 Å². The van der Waals surface area contributed by atoms with Gasteiger partial charge in [0.25, 0.3) is 0 Å². The summed E-state index contributed by atoms with van der Waals surface area (Å²) in [6.45, 7) is 0.754. The van der Waals surface area contributed by atoms with Gasteiger partial charge in [0.2, 0.25) is 0 Å². The van der Waals surface area contributed by atoms with E-state index < -0.39 is 5.97 Å². The van der Waals surface area contributed by atoms with E-state index in [4.69, 9.17) is 9.84 Å². The molecule has 0 spiro atoms. The number of carboxylic acid groups (broad SMARTS) is 1. The van der Waals surface area contributed by atoms with Gasteiger partial charge < -0.3 is 15.2 Å². The molecular formula is C14H17NO3. The van der Waals surface area contributed by atoms with Gasteiger partial charge in [0, 0.05) is 6.04 Å². The Morgan fingerprint density at radius 2 is 2.39 bits per heavy atom. The number of methoxy groups -OCH3 is 1. The van der Waals surface area contributed by atoms with Crippen LogP contribution in [0.1, 0.15) is 12.0 Å². The fraction of sp³-hybridized carbons (Fsp3) is 0.357. The molecule has 0 radical (unpaired) electrons. The molecule has 0 aliphatic carbocycles. The summed E-state index contributed by atoms with van der Waals surface area (Å²) < 4.78 is 5.14. The summed E-state index contributed by atoms with van der Waals surface area (Å²) in [7, 11) is 1.63. The smallest absolute Gasteiger partial charge is 0.308 e. The number of hydrogen-bond acceptors (Lipinski definition) is 3. The van der Waals surface area contributed by atoms with Crippen LogP contribution in [0, 0.1) is 5.92 Å². The summed E-state index contributed by atoms with van der Waals surface area (Å²) in [4.78, 5) is 11.0. The summed E-state index contributed by atoms with van der Waals surface area (Å²) in [6.07, 6.45) is 4.53. The summed E-state index contributed by atoms with van der Waals surface area (Å²) in [5.41, 5.74) is 1.01. The van der Waals surface area contributed by atoms with Crippen molar-refractivity contribution in [1.82, 2.24) is 5.32 Å². The molecule has 2 N–H and O–H groups in total. The first-order valence-electron chi connectivity index (χ1n) is 5.99. The van der Waals surface area contributed by atoms with Gasteiger partial charge in [-0.05, 0) is 30.7 Å². The van der Waals surface area contributed by atoms with E-state index in [-0.39, 0.29) is 12.0 Å². The lowest BCUT2D eigenvalue weighted by Gasteiger charge is -2.10. The van der Waals surface area contributed by atoms with Crippen LogP contribution in [0.25, 0.3) is 6.08 Å². The average molecular weight is 247 g/mol. The van der Waals surface area contributed by atoms with Gasteiger partial charge >= 0.3 is 5.97 Å². The molecule has 4 heteroatoms. The second kappa shape index (κ2) is 5.69. The second-order valence-corrected chi connectivity index (χ2v) is 4.35. The Bertz CT molecular complexity index is 456. The summed E-state index contributed by atoms with van der Waals surface area (Å²) in [5.74, 6) is -0.265. The molecule has 1 aliphatic rings. The van der Waals surface area contributed by atoms with Crippen molar-refractivity contribution in [2.75, 3.05) is 13.7 Å². The molecule has 1 saturated heterocycles. The minimum absolute atomic E-state index is 0.0892. The third-order valence-corrected chi connectivity index (χ3v) is 3.18. The molecule has 1 aliphatic heterocycles. The Balaban J connectivity index is 2.07. The van der Waals surface area contributed by atoms with Crippen molar-refractivity contribution in [3.63, 3.8) is 0 Å². The van der Waals surface area contributed by atoms with Crippen LogP contribution in [0.15, 0.2) is 30.3 Å². The quantitative estimate of drug-likeness (QED) is 0.851. The van der Waals surface area contributed by atoms with Gasteiger partial charge in [-0.3, -0.25) is 4.79 Å². The Morgan fingerprint density at radius 1 is 1.56 bits per heavy atom. The van der Waals surface area contributed by atoms with E-state index in [0.717, 1.165) is 17.9 Å². The number of nitrogens with one attached hydrogen (secondary N) is 1. The molecule has 2 rings (SSSR count). The van der Waals surface area contributed by atoms with Crippen molar-refractivity contribution in [3.8, 4) is 5.75 Å². The Morgan fingerprint density at radius 3 is 3.11 bits per heavy atom. The predicted molar refractivity (Wildman–Crippen MR) is 69.6 cm³/mol. The van der Waals surface area contributed by atoms with Crippen molar-refractivity contribution >= 4 is 12.0 Å². The second-order valence-electron chi connectivity index (χ2n) is 4.35. The van der Waals surface area contributed by atoms with Gasteiger partial charge in [-0.2, -0.15) is 0 Å². The van der Waals surface area contributed by atoms with Gasteiger partial charge in [0.15, 0.2) is 0 Å². The van der Waals surface area contributed by atoms with Crippen LogP contribution in [-0.2, 0) is 4.79 Å². The fourth-order valence-electron chi connectivity index (χ4n) is 2.17. The van der Waals surface area contributed by atoms with Crippen LogP contribution < -0.4 is 10.1 Å². The number of ether oxygens (including phenoxy) is 1. The Kier molecular flexibility index (Phi) is 3.99. The van der Waals surface area contributed by atoms with Gasteiger partial charge in [-0.1, -0.05) is 24.3 Å². The number of carbonyl (C=O) groups is 1. The molecule has 0 bridgehead atoms. The van der Waals surface area contributed by atoms with E-state index in [1.165, 1.54) is 0 Å². The molecule has 2 unspecified atom stereocenters. The maximum absolute atomic E-state index is 11.0. The topological polar surface area (TPSA) is 58.6 Å². The molecule has 1 aromatic carbocycles. The number of hydrogen-bond donors (Lipinski definition) is 2. The van der Waals surface area contributed by atoms with Crippen LogP contribution in [0.5, 0.6) is 5.75 Å². The van der Waals surface area contributed by atoms with E-state index in [2.05, 4.69) is 5.32 Å². The lowest BCUT2D eigenvalue weighted by atomic mass is 10.00. The number of carboxylic acids is 1. The molecular weight excluding hydrogens is 230 g/mol. The van der Waals surface area contributed by atoms with E-state index in [9.17, 15) is 4.79 Å². The highest BCUT2D eigenvalue weighted by Gasteiger charge is 2.30. The molecule has 0 aromatic heterocycles. The van der Waals surface area contributed by atoms with E-state index >= 15 is 0 Å². The van der Waals surface area contributed by atoms with Crippen molar-refractivity contribution < 1.29 is 14.6 Å². The van der Waals surface area contributed by atoms with Gasteiger partial charge in [-0.25, -0.2) is 0 Å². The third kappa shape index (κ3) is 2.90. The first-order valence-corrected chi connectivity index (χ1v) is 5.99. The fourth-order valence-corrected chi connectivity index (χ4v) is 2.17. The van der Waals surface area contributed by atoms with E-state index in [1.54, 1.807) is 7.11 Å². The lowest BCUT2D eigenvalue weighted by molar-refractivity contribution is -0.141. The zero-order chi connectivity index (χ0) is 13.0. The molecule has 2 atom stereocenters. The normalized spacial score (nSPS) is 23.4. The van der Waals surface area contributed by atoms with Crippen LogP contribution >= 0.6 is 0 Å². The molecule has 96 valence electrons. The zero-order valence-corrected chi connectivity index (χ0v) is 10.3. The van der Waals surface area contributed by atoms with Crippen LogP contribution in [-0.4, -0.2) is 30.8 Å². The largest absolute Gasteiger partial charge is 0.497 e. The number of rotatable bonds is 4. The van der Waals surface area contributed by atoms with Crippen LogP contribution in [0.2, 0.25) is 0 Å². The lowest BCUT2D eigenvalue weighted by Crippen LogP contribution is -2.29.